The minimum Gasteiger partial charge on any atom is -0.372 e. The standard InChI is InChI=1S/C22H19ClFN5O2/c1-2-18(30)22(31)29-9-6-13(7-10-29)20-19(17-5-8-25-12-26-17)21(28-27-20)15-4-3-14(23)11-16(15)24/h1,3-5,8,11-13,18,30H,6-7,9-10H2,(H,27,28). The molecule has 0 aliphatic carbocycles. The number of aromatic nitrogens is 4. The molecule has 7 nitrogen and oxygen atoms in total. The number of hydrogen-bond acceptors (Lipinski definition) is 5. The van der Waals surface area contributed by atoms with Crippen LogP contribution >= 0.6 is 11.6 Å². The summed E-state index contributed by atoms with van der Waals surface area (Å²) in [6, 6.07) is 6.19. The molecule has 158 valence electrons. The van der Waals surface area contributed by atoms with Crippen LogP contribution in [0.2, 0.25) is 5.02 Å². The van der Waals surface area contributed by atoms with Gasteiger partial charge in [-0.05, 0) is 37.1 Å². The van der Waals surface area contributed by atoms with Gasteiger partial charge in [0.15, 0.2) is 6.10 Å². The molecule has 1 saturated heterocycles. The molecule has 1 aliphatic rings. The Morgan fingerprint density at radius 1 is 1.35 bits per heavy atom. The maximum atomic E-state index is 14.7. The van der Waals surface area contributed by atoms with E-state index in [1.807, 2.05) is 0 Å². The van der Waals surface area contributed by atoms with Crippen molar-refractivity contribution in [2.24, 2.45) is 0 Å². The minimum absolute atomic E-state index is 0.0357. The predicted octanol–water partition coefficient (Wildman–Crippen LogP) is 3.03. The molecule has 1 aliphatic heterocycles. The van der Waals surface area contributed by atoms with E-state index in [-0.39, 0.29) is 5.92 Å². The first-order chi connectivity index (χ1) is 15.0. The number of hydrogen-bond donors (Lipinski definition) is 2. The summed E-state index contributed by atoms with van der Waals surface area (Å²) in [6.45, 7) is 0.879. The number of carbonyl (C=O) groups excluding carboxylic acids is 1. The third-order valence-corrected chi connectivity index (χ3v) is 5.66. The number of aromatic amines is 1. The van der Waals surface area contributed by atoms with E-state index in [0.717, 1.165) is 5.69 Å². The number of amides is 1. The van der Waals surface area contributed by atoms with Crippen molar-refractivity contribution in [2.75, 3.05) is 13.1 Å². The van der Waals surface area contributed by atoms with Gasteiger partial charge in [0, 0.05) is 47.0 Å². The molecule has 0 bridgehead atoms. The first-order valence-corrected chi connectivity index (χ1v) is 10.1. The first-order valence-electron chi connectivity index (χ1n) is 9.72. The fraction of sp³-hybridized carbons (Fsp3) is 0.273. The summed E-state index contributed by atoms with van der Waals surface area (Å²) >= 11 is 5.91. The van der Waals surface area contributed by atoms with Gasteiger partial charge in [-0.1, -0.05) is 17.5 Å². The first kappa shape index (κ1) is 21.0. The molecule has 4 rings (SSSR count). The monoisotopic (exact) mass is 439 g/mol. The zero-order valence-electron chi connectivity index (χ0n) is 16.4. The molecule has 2 N–H and O–H groups in total. The fourth-order valence-electron chi connectivity index (χ4n) is 3.86. The molecule has 9 heteroatoms. The number of benzene rings is 1. The quantitative estimate of drug-likeness (QED) is 0.609. The van der Waals surface area contributed by atoms with Crippen molar-refractivity contribution in [2.45, 2.75) is 24.9 Å². The molecular weight excluding hydrogens is 421 g/mol. The van der Waals surface area contributed by atoms with Gasteiger partial charge in [0.1, 0.15) is 17.8 Å². The van der Waals surface area contributed by atoms with E-state index in [1.54, 1.807) is 29.3 Å². The highest BCUT2D eigenvalue weighted by Crippen LogP contribution is 2.40. The number of carbonyl (C=O) groups is 1. The summed E-state index contributed by atoms with van der Waals surface area (Å²) in [5.41, 5.74) is 2.86. The maximum absolute atomic E-state index is 14.7. The number of halogens is 2. The Kier molecular flexibility index (Phi) is 5.98. The Labute approximate surface area is 183 Å². The molecule has 1 fully saturated rings. The summed E-state index contributed by atoms with van der Waals surface area (Å²) in [4.78, 5) is 22.0. The van der Waals surface area contributed by atoms with Crippen LogP contribution in [-0.4, -0.2) is 55.3 Å². The van der Waals surface area contributed by atoms with Gasteiger partial charge in [0.05, 0.1) is 5.69 Å². The smallest absolute Gasteiger partial charge is 0.263 e. The molecule has 3 heterocycles. The second kappa shape index (κ2) is 8.84. The van der Waals surface area contributed by atoms with Crippen LogP contribution in [-0.2, 0) is 4.79 Å². The molecule has 1 aromatic carbocycles. The van der Waals surface area contributed by atoms with Crippen LogP contribution in [0.25, 0.3) is 22.5 Å². The SMILES string of the molecule is C#CC(O)C(=O)N1CCC(c2[nH]nc(-c3ccc(Cl)cc3F)c2-c2ccncn2)CC1. The number of aliphatic hydroxyl groups is 1. The van der Waals surface area contributed by atoms with E-state index in [4.69, 9.17) is 18.0 Å². The van der Waals surface area contributed by atoms with E-state index >= 15 is 0 Å². The van der Waals surface area contributed by atoms with Gasteiger partial charge >= 0.3 is 0 Å². The summed E-state index contributed by atoms with van der Waals surface area (Å²) in [5, 5.41) is 17.4. The Morgan fingerprint density at radius 3 is 2.77 bits per heavy atom. The lowest BCUT2D eigenvalue weighted by atomic mass is 9.88. The van der Waals surface area contributed by atoms with E-state index in [9.17, 15) is 14.3 Å². The second-order valence-corrected chi connectivity index (χ2v) is 7.68. The number of terminal acetylenes is 1. The van der Waals surface area contributed by atoms with Crippen molar-refractivity contribution in [3.63, 3.8) is 0 Å². The number of likely N-dealkylation sites (tertiary alicyclic amines) is 1. The third kappa shape index (κ3) is 4.15. The zero-order valence-corrected chi connectivity index (χ0v) is 17.2. The van der Waals surface area contributed by atoms with Crippen LogP contribution in [0, 0.1) is 18.2 Å². The van der Waals surface area contributed by atoms with Crippen LogP contribution < -0.4 is 0 Å². The van der Waals surface area contributed by atoms with Crippen molar-refractivity contribution in [1.29, 1.82) is 0 Å². The summed E-state index contributed by atoms with van der Waals surface area (Å²) in [7, 11) is 0. The molecule has 0 radical (unpaired) electrons. The lowest BCUT2D eigenvalue weighted by molar-refractivity contribution is -0.138. The van der Waals surface area contributed by atoms with E-state index in [1.165, 1.54) is 12.4 Å². The number of nitrogens with zero attached hydrogens (tertiary/aromatic N) is 4. The third-order valence-electron chi connectivity index (χ3n) is 5.43. The Balaban J connectivity index is 1.69. The average Bonchev–Trinajstić information content (AvgIpc) is 3.23. The summed E-state index contributed by atoms with van der Waals surface area (Å²) < 4.78 is 14.7. The molecular formula is C22H19ClFN5O2. The Morgan fingerprint density at radius 2 is 2.13 bits per heavy atom. The Bertz CT molecular complexity index is 1140. The molecule has 1 atom stereocenters. The predicted molar refractivity (Wildman–Crippen MR) is 113 cm³/mol. The van der Waals surface area contributed by atoms with Gasteiger partial charge in [0.2, 0.25) is 0 Å². The van der Waals surface area contributed by atoms with E-state index in [2.05, 4.69) is 26.1 Å². The van der Waals surface area contributed by atoms with Gasteiger partial charge in [-0.2, -0.15) is 5.10 Å². The number of rotatable bonds is 4. The molecule has 3 aromatic rings. The van der Waals surface area contributed by atoms with E-state index < -0.39 is 17.8 Å². The number of H-pyrrole nitrogens is 1. The number of aliphatic hydroxyl groups excluding tert-OH is 1. The van der Waals surface area contributed by atoms with Crippen LogP contribution in [0.4, 0.5) is 4.39 Å². The van der Waals surface area contributed by atoms with Crippen molar-refractivity contribution in [3.8, 4) is 34.9 Å². The van der Waals surface area contributed by atoms with Gasteiger partial charge in [-0.15, -0.1) is 6.42 Å². The van der Waals surface area contributed by atoms with Crippen LogP contribution in [0.5, 0.6) is 0 Å². The molecule has 1 unspecified atom stereocenters. The fourth-order valence-corrected chi connectivity index (χ4v) is 4.02. The highest BCUT2D eigenvalue weighted by Gasteiger charge is 2.31. The number of nitrogens with one attached hydrogen (secondary N) is 1. The zero-order chi connectivity index (χ0) is 22.0. The van der Waals surface area contributed by atoms with Gasteiger partial charge in [-0.25, -0.2) is 14.4 Å². The summed E-state index contributed by atoms with van der Waals surface area (Å²) in [5.74, 6) is 1.14. The highest BCUT2D eigenvalue weighted by atomic mass is 35.5. The number of piperidine rings is 1. The van der Waals surface area contributed by atoms with Crippen LogP contribution in [0.3, 0.4) is 0 Å². The molecule has 0 saturated carbocycles. The average molecular weight is 440 g/mol. The van der Waals surface area contributed by atoms with Gasteiger partial charge in [-0.3, -0.25) is 9.89 Å². The van der Waals surface area contributed by atoms with Crippen LogP contribution in [0.15, 0.2) is 36.8 Å². The van der Waals surface area contributed by atoms with Crippen molar-refractivity contribution >= 4 is 17.5 Å². The minimum atomic E-state index is -1.43. The largest absolute Gasteiger partial charge is 0.372 e. The summed E-state index contributed by atoms with van der Waals surface area (Å²) in [6.07, 6.45) is 8.02. The van der Waals surface area contributed by atoms with Crippen molar-refractivity contribution < 1.29 is 14.3 Å². The lowest BCUT2D eigenvalue weighted by Gasteiger charge is -2.32. The normalized spacial score (nSPS) is 15.5. The van der Waals surface area contributed by atoms with E-state index in [0.29, 0.717) is 53.5 Å². The molecule has 2 aromatic heterocycles. The van der Waals surface area contributed by atoms with Gasteiger partial charge < -0.3 is 10.0 Å². The highest BCUT2D eigenvalue weighted by molar-refractivity contribution is 6.30. The van der Waals surface area contributed by atoms with Gasteiger partial charge in [0.25, 0.3) is 5.91 Å². The maximum Gasteiger partial charge on any atom is 0.263 e. The Hall–Kier alpha value is -3.28. The topological polar surface area (TPSA) is 95.0 Å². The molecule has 31 heavy (non-hydrogen) atoms. The van der Waals surface area contributed by atoms with Crippen molar-refractivity contribution in [3.05, 3.63) is 53.3 Å². The van der Waals surface area contributed by atoms with Crippen LogP contribution in [0.1, 0.15) is 24.5 Å². The molecule has 1 amide bonds. The molecule has 0 spiro atoms. The van der Waals surface area contributed by atoms with Crippen molar-refractivity contribution in [1.82, 2.24) is 25.1 Å². The second-order valence-electron chi connectivity index (χ2n) is 7.25. The lowest BCUT2D eigenvalue weighted by Crippen LogP contribution is -2.43.